The van der Waals surface area contributed by atoms with Crippen LogP contribution in [-0.4, -0.2) is 50.5 Å². The van der Waals surface area contributed by atoms with Gasteiger partial charge in [-0.1, -0.05) is 80.1 Å². The van der Waals surface area contributed by atoms with E-state index in [2.05, 4.69) is 5.32 Å². The molecule has 0 bridgehead atoms. The summed E-state index contributed by atoms with van der Waals surface area (Å²) < 4.78 is 26.8. The van der Waals surface area contributed by atoms with Crippen molar-refractivity contribution in [2.75, 3.05) is 23.7 Å². The molecule has 0 saturated heterocycles. The minimum absolute atomic E-state index is 0.103. The van der Waals surface area contributed by atoms with Gasteiger partial charge in [0.2, 0.25) is 21.8 Å². The highest BCUT2D eigenvalue weighted by atomic mass is 32.2. The van der Waals surface area contributed by atoms with Crippen molar-refractivity contribution in [2.45, 2.75) is 66.5 Å². The van der Waals surface area contributed by atoms with Gasteiger partial charge in [0.25, 0.3) is 0 Å². The zero-order chi connectivity index (χ0) is 30.9. The lowest BCUT2D eigenvalue weighted by atomic mass is 10.0. The average Bonchev–Trinajstić information content (AvgIpc) is 2.93. The SMILES string of the molecule is Cc1cccc(CN(C(=O)CCCN(c2ccc(C)c(C)c2)S(C)(=O)=O)C(Cc2ccccc2)C(=O)NCC(C)C)c1. The van der Waals surface area contributed by atoms with Crippen molar-refractivity contribution in [3.63, 3.8) is 0 Å². The fraction of sp³-hybridized carbons (Fsp3) is 0.412. The molecule has 0 aliphatic rings. The van der Waals surface area contributed by atoms with Gasteiger partial charge in [0, 0.05) is 32.5 Å². The van der Waals surface area contributed by atoms with Crippen LogP contribution >= 0.6 is 0 Å². The number of sulfonamides is 1. The normalized spacial score (nSPS) is 12.2. The number of amides is 2. The Morgan fingerprint density at radius 3 is 2.17 bits per heavy atom. The van der Waals surface area contributed by atoms with Crippen LogP contribution in [0, 0.1) is 26.7 Å². The van der Waals surface area contributed by atoms with Crippen LogP contribution in [0.2, 0.25) is 0 Å². The highest BCUT2D eigenvalue weighted by molar-refractivity contribution is 7.92. The fourth-order valence-electron chi connectivity index (χ4n) is 4.87. The summed E-state index contributed by atoms with van der Waals surface area (Å²) in [6.07, 6.45) is 1.98. The predicted octanol–water partition coefficient (Wildman–Crippen LogP) is 5.57. The summed E-state index contributed by atoms with van der Waals surface area (Å²) in [5.41, 5.74) is 5.63. The van der Waals surface area contributed by atoms with Crippen molar-refractivity contribution in [3.8, 4) is 0 Å². The van der Waals surface area contributed by atoms with Gasteiger partial charge in [-0.05, 0) is 67.5 Å². The second-order valence-electron chi connectivity index (χ2n) is 11.6. The number of hydrogen-bond acceptors (Lipinski definition) is 4. The van der Waals surface area contributed by atoms with Crippen molar-refractivity contribution in [2.24, 2.45) is 5.92 Å². The number of hydrogen-bond donors (Lipinski definition) is 1. The molecule has 0 aliphatic heterocycles. The summed E-state index contributed by atoms with van der Waals surface area (Å²) in [6, 6.07) is 22.5. The minimum Gasteiger partial charge on any atom is -0.354 e. The number of nitrogens with zero attached hydrogens (tertiary/aromatic N) is 2. The molecule has 0 spiro atoms. The predicted molar refractivity (Wildman–Crippen MR) is 171 cm³/mol. The van der Waals surface area contributed by atoms with Crippen LogP contribution in [0.5, 0.6) is 0 Å². The lowest BCUT2D eigenvalue weighted by Gasteiger charge is -2.32. The molecule has 8 heteroatoms. The smallest absolute Gasteiger partial charge is 0.243 e. The van der Waals surface area contributed by atoms with Gasteiger partial charge in [-0.15, -0.1) is 0 Å². The van der Waals surface area contributed by atoms with Gasteiger partial charge >= 0.3 is 0 Å². The molecule has 0 fully saturated rings. The minimum atomic E-state index is -3.56. The van der Waals surface area contributed by atoms with E-state index in [0.717, 1.165) is 27.8 Å². The van der Waals surface area contributed by atoms with Crippen molar-refractivity contribution in [3.05, 3.63) is 101 Å². The first-order valence-electron chi connectivity index (χ1n) is 14.6. The molecular formula is C34H45N3O4S. The van der Waals surface area contributed by atoms with Crippen LogP contribution < -0.4 is 9.62 Å². The summed E-state index contributed by atoms with van der Waals surface area (Å²) in [4.78, 5) is 29.2. The van der Waals surface area contributed by atoms with Crippen molar-refractivity contribution in [1.29, 1.82) is 0 Å². The molecule has 1 atom stereocenters. The molecule has 0 radical (unpaired) electrons. The summed E-state index contributed by atoms with van der Waals surface area (Å²) in [5, 5.41) is 3.04. The van der Waals surface area contributed by atoms with Gasteiger partial charge < -0.3 is 10.2 Å². The molecule has 0 saturated carbocycles. The molecule has 1 N–H and O–H groups in total. The first-order chi connectivity index (χ1) is 19.8. The molecule has 7 nitrogen and oxygen atoms in total. The Hall–Kier alpha value is -3.65. The summed E-state index contributed by atoms with van der Waals surface area (Å²) in [7, 11) is -3.56. The third kappa shape index (κ3) is 9.72. The quantitative estimate of drug-likeness (QED) is 0.266. The summed E-state index contributed by atoms with van der Waals surface area (Å²) >= 11 is 0. The molecule has 42 heavy (non-hydrogen) atoms. The molecule has 3 aromatic carbocycles. The number of benzene rings is 3. The molecule has 0 aliphatic carbocycles. The maximum Gasteiger partial charge on any atom is 0.243 e. The van der Waals surface area contributed by atoms with Crippen LogP contribution in [0.25, 0.3) is 0 Å². The number of carbonyl (C=O) groups excluding carboxylic acids is 2. The van der Waals surface area contributed by atoms with E-state index >= 15 is 0 Å². The van der Waals surface area contributed by atoms with Crippen LogP contribution in [0.1, 0.15) is 54.5 Å². The Balaban J connectivity index is 1.89. The zero-order valence-electron chi connectivity index (χ0n) is 25.8. The van der Waals surface area contributed by atoms with Gasteiger partial charge in [-0.25, -0.2) is 8.42 Å². The van der Waals surface area contributed by atoms with E-state index in [9.17, 15) is 18.0 Å². The maximum atomic E-state index is 14.0. The molecule has 226 valence electrons. The molecule has 2 amide bonds. The first-order valence-corrected chi connectivity index (χ1v) is 16.4. The Morgan fingerprint density at radius 1 is 0.857 bits per heavy atom. The third-order valence-electron chi connectivity index (χ3n) is 7.32. The second-order valence-corrected chi connectivity index (χ2v) is 13.5. The monoisotopic (exact) mass is 591 g/mol. The fourth-order valence-corrected chi connectivity index (χ4v) is 5.83. The molecule has 3 rings (SSSR count). The number of aryl methyl sites for hydroxylation is 3. The van der Waals surface area contributed by atoms with Gasteiger partial charge in [0.05, 0.1) is 11.9 Å². The van der Waals surface area contributed by atoms with Gasteiger partial charge in [0.15, 0.2) is 0 Å². The van der Waals surface area contributed by atoms with E-state index in [1.165, 1.54) is 10.6 Å². The van der Waals surface area contributed by atoms with E-state index in [1.54, 1.807) is 11.0 Å². The third-order valence-corrected chi connectivity index (χ3v) is 8.52. The van der Waals surface area contributed by atoms with Gasteiger partial charge in [-0.2, -0.15) is 0 Å². The number of rotatable bonds is 14. The van der Waals surface area contributed by atoms with Crippen LogP contribution in [-0.2, 0) is 32.6 Å². The Kier molecular flexibility index (Phi) is 11.7. The molecular weight excluding hydrogens is 546 g/mol. The lowest BCUT2D eigenvalue weighted by molar-refractivity contribution is -0.141. The molecule has 0 aromatic heterocycles. The Labute approximate surface area is 252 Å². The Bertz CT molecular complexity index is 1450. The van der Waals surface area contributed by atoms with E-state index in [4.69, 9.17) is 0 Å². The van der Waals surface area contributed by atoms with E-state index in [0.29, 0.717) is 25.1 Å². The van der Waals surface area contributed by atoms with E-state index < -0.39 is 16.1 Å². The standard InChI is InChI=1S/C34H45N3O4S/c1-25(2)23-35-34(39)32(22-29-13-8-7-9-14-29)36(24-30-15-10-12-26(3)20-30)33(38)16-11-19-37(42(6,40)41)31-18-17-27(4)28(5)21-31/h7-10,12-15,17-18,20-21,25,32H,11,16,19,22-24H2,1-6H3,(H,35,39). The van der Waals surface area contributed by atoms with Crippen LogP contribution in [0.3, 0.4) is 0 Å². The van der Waals surface area contributed by atoms with Crippen molar-refractivity contribution in [1.82, 2.24) is 10.2 Å². The lowest BCUT2D eigenvalue weighted by Crippen LogP contribution is -2.51. The second kappa shape index (κ2) is 15.0. The highest BCUT2D eigenvalue weighted by Gasteiger charge is 2.30. The number of carbonyl (C=O) groups is 2. The highest BCUT2D eigenvalue weighted by Crippen LogP contribution is 2.23. The summed E-state index contributed by atoms with van der Waals surface area (Å²) in [5.74, 6) is -0.119. The molecule has 0 heterocycles. The van der Waals surface area contributed by atoms with Crippen molar-refractivity contribution >= 4 is 27.5 Å². The van der Waals surface area contributed by atoms with Crippen LogP contribution in [0.4, 0.5) is 5.69 Å². The van der Waals surface area contributed by atoms with Gasteiger partial charge in [0.1, 0.15) is 6.04 Å². The molecule has 3 aromatic rings. The molecule has 1 unspecified atom stereocenters. The number of anilines is 1. The maximum absolute atomic E-state index is 14.0. The largest absolute Gasteiger partial charge is 0.354 e. The summed E-state index contributed by atoms with van der Waals surface area (Å²) in [6.45, 7) is 10.9. The topological polar surface area (TPSA) is 86.8 Å². The van der Waals surface area contributed by atoms with Crippen molar-refractivity contribution < 1.29 is 18.0 Å². The zero-order valence-corrected chi connectivity index (χ0v) is 26.6. The van der Waals surface area contributed by atoms with E-state index in [-0.39, 0.29) is 37.2 Å². The van der Waals surface area contributed by atoms with Crippen LogP contribution in [0.15, 0.2) is 72.8 Å². The average molecular weight is 592 g/mol. The van der Waals surface area contributed by atoms with E-state index in [1.807, 2.05) is 101 Å². The first kappa shape index (κ1) is 32.9. The Morgan fingerprint density at radius 2 is 1.55 bits per heavy atom. The number of nitrogens with one attached hydrogen (secondary N) is 1. The van der Waals surface area contributed by atoms with Gasteiger partial charge in [-0.3, -0.25) is 13.9 Å².